The van der Waals surface area contributed by atoms with Crippen molar-refractivity contribution >= 4 is 8.32 Å². The molecule has 0 aromatic heterocycles. The van der Waals surface area contributed by atoms with Crippen molar-refractivity contribution < 1.29 is 19.0 Å². The molecule has 4 nitrogen and oxygen atoms in total. The molecular weight excluding hydrogens is 308 g/mol. The van der Waals surface area contributed by atoms with E-state index in [0.29, 0.717) is 25.2 Å². The first-order chi connectivity index (χ1) is 10.6. The monoisotopic (exact) mass is 340 g/mol. The van der Waals surface area contributed by atoms with E-state index in [1.165, 1.54) is 0 Å². The lowest BCUT2D eigenvalue weighted by Crippen LogP contribution is -2.65. The fourth-order valence-corrected chi connectivity index (χ4v) is 7.32. The topological polar surface area (TPSA) is 47.9 Å². The normalized spacial score (nSPS) is 45.7. The Morgan fingerprint density at radius 1 is 1.30 bits per heavy atom. The number of methoxy groups -OCH3 is 1. The van der Waals surface area contributed by atoms with E-state index < -0.39 is 13.9 Å². The van der Waals surface area contributed by atoms with Crippen LogP contribution in [0.3, 0.4) is 0 Å². The Labute approximate surface area is 141 Å². The summed E-state index contributed by atoms with van der Waals surface area (Å²) in [6.07, 6.45) is 2.76. The van der Waals surface area contributed by atoms with E-state index in [0.717, 1.165) is 24.8 Å². The first-order valence-electron chi connectivity index (χ1n) is 8.83. The summed E-state index contributed by atoms with van der Waals surface area (Å²) < 4.78 is 17.4. The van der Waals surface area contributed by atoms with E-state index in [4.69, 9.17) is 13.9 Å². The summed E-state index contributed by atoms with van der Waals surface area (Å²) in [5.41, 5.74) is 0.140. The van der Waals surface area contributed by atoms with Crippen LogP contribution in [-0.4, -0.2) is 45.1 Å². The Bertz CT molecular complexity index is 488. The van der Waals surface area contributed by atoms with Gasteiger partial charge in [0.15, 0.2) is 8.32 Å². The zero-order chi connectivity index (χ0) is 17.0. The van der Waals surface area contributed by atoms with Crippen molar-refractivity contribution in [3.8, 4) is 0 Å². The minimum absolute atomic E-state index is 0.148. The van der Waals surface area contributed by atoms with E-state index >= 15 is 0 Å². The van der Waals surface area contributed by atoms with E-state index in [-0.39, 0.29) is 17.4 Å². The Kier molecular flexibility index (Phi) is 4.34. The number of ether oxygens (including phenoxy) is 2. The summed E-state index contributed by atoms with van der Waals surface area (Å²) >= 11 is 0. The van der Waals surface area contributed by atoms with Crippen LogP contribution >= 0.6 is 0 Å². The summed E-state index contributed by atoms with van der Waals surface area (Å²) in [6, 6.07) is 0. The first kappa shape index (κ1) is 17.6. The Hall–Kier alpha value is -0.203. The third-order valence-corrected chi connectivity index (χ3v) is 7.34. The summed E-state index contributed by atoms with van der Waals surface area (Å²) in [7, 11) is -0.0306. The highest BCUT2D eigenvalue weighted by Gasteiger charge is 2.70. The van der Waals surface area contributed by atoms with Gasteiger partial charge in [0, 0.05) is 13.0 Å². The molecule has 0 spiro atoms. The molecule has 0 aliphatic heterocycles. The van der Waals surface area contributed by atoms with Crippen LogP contribution in [0.15, 0.2) is 12.2 Å². The first-order valence-corrected chi connectivity index (χ1v) is 12.2. The van der Waals surface area contributed by atoms with Crippen LogP contribution in [0.5, 0.6) is 0 Å². The molecule has 0 radical (unpaired) electrons. The van der Waals surface area contributed by atoms with E-state index in [2.05, 4.69) is 33.1 Å². The lowest BCUT2D eigenvalue weighted by Gasteiger charge is -2.61. The van der Waals surface area contributed by atoms with Crippen molar-refractivity contribution in [2.75, 3.05) is 20.5 Å². The van der Waals surface area contributed by atoms with Gasteiger partial charge in [0.1, 0.15) is 6.79 Å². The number of hydrogen-bond acceptors (Lipinski definition) is 4. The van der Waals surface area contributed by atoms with Gasteiger partial charge in [-0.25, -0.2) is 0 Å². The Balaban J connectivity index is 1.89. The third kappa shape index (κ3) is 2.65. The molecule has 0 unspecified atom stereocenters. The van der Waals surface area contributed by atoms with Crippen LogP contribution in [0.4, 0.5) is 0 Å². The Morgan fingerprint density at radius 2 is 2.00 bits per heavy atom. The van der Waals surface area contributed by atoms with Gasteiger partial charge >= 0.3 is 0 Å². The van der Waals surface area contributed by atoms with Crippen molar-refractivity contribution in [2.24, 2.45) is 23.7 Å². The van der Waals surface area contributed by atoms with E-state index in [9.17, 15) is 5.11 Å². The highest BCUT2D eigenvalue weighted by atomic mass is 28.4. The number of rotatable bonds is 6. The average molecular weight is 341 g/mol. The largest absolute Gasteiger partial charge is 0.412 e. The molecule has 5 heteroatoms. The molecule has 6 atom stereocenters. The standard InChI is InChI=1S/C18H32O4Si/c1-12-15(10-21-11-20-3)14-9-17(22-23(4,5)6)7-8-18(19,13(14)2)16(12)17/h12,14-16,19H,2,7-11H2,1,3-6H3/t12-,14-,15-,16+,17+,18-/m0/s1. The lowest BCUT2D eigenvalue weighted by atomic mass is 9.49. The van der Waals surface area contributed by atoms with E-state index in [1.54, 1.807) is 7.11 Å². The third-order valence-electron chi connectivity index (χ3n) is 6.32. The van der Waals surface area contributed by atoms with Gasteiger partial charge in [-0.15, -0.1) is 0 Å². The highest BCUT2D eigenvalue weighted by Crippen LogP contribution is 2.67. The second-order valence-electron chi connectivity index (χ2n) is 8.82. The molecule has 1 N–H and O–H groups in total. The average Bonchev–Trinajstić information content (AvgIpc) is 2.68. The van der Waals surface area contributed by atoms with Crippen LogP contribution in [0.25, 0.3) is 0 Å². The van der Waals surface area contributed by atoms with Gasteiger partial charge in [-0.05, 0) is 62.2 Å². The van der Waals surface area contributed by atoms with Crippen molar-refractivity contribution in [3.05, 3.63) is 12.2 Å². The van der Waals surface area contributed by atoms with Gasteiger partial charge in [-0.1, -0.05) is 13.5 Å². The predicted molar refractivity (Wildman–Crippen MR) is 92.6 cm³/mol. The lowest BCUT2D eigenvalue weighted by molar-refractivity contribution is -0.177. The maximum atomic E-state index is 11.4. The van der Waals surface area contributed by atoms with Gasteiger partial charge in [0.25, 0.3) is 0 Å². The van der Waals surface area contributed by atoms with Gasteiger partial charge in [0.05, 0.1) is 17.8 Å². The summed E-state index contributed by atoms with van der Waals surface area (Å²) in [5, 5.41) is 11.4. The van der Waals surface area contributed by atoms with Gasteiger partial charge < -0.3 is 19.0 Å². The molecule has 4 fully saturated rings. The molecule has 4 aliphatic rings. The summed E-state index contributed by atoms with van der Waals surface area (Å²) in [4.78, 5) is 0. The van der Waals surface area contributed by atoms with Crippen molar-refractivity contribution in [2.45, 2.75) is 57.0 Å². The van der Waals surface area contributed by atoms with Crippen molar-refractivity contribution in [3.63, 3.8) is 0 Å². The molecule has 4 bridgehead atoms. The molecule has 4 rings (SSSR count). The number of fused-ring (bicyclic) bond motifs is 1. The highest BCUT2D eigenvalue weighted by molar-refractivity contribution is 6.69. The SMILES string of the molecule is C=C1[C@@H]2C[C@]3(O[Si](C)(C)C)CC[C@@]1(O)[C@@H]3[C@@H](C)[C@@H]2COCOC. The minimum Gasteiger partial charge on any atom is -0.412 e. The molecule has 0 amide bonds. The summed E-state index contributed by atoms with van der Waals surface area (Å²) in [5.74, 6) is 1.21. The molecule has 4 saturated carbocycles. The smallest absolute Gasteiger partial charge is 0.184 e. The number of hydrogen-bond donors (Lipinski definition) is 1. The Morgan fingerprint density at radius 3 is 2.61 bits per heavy atom. The molecule has 0 aromatic rings. The molecule has 4 aliphatic carbocycles. The van der Waals surface area contributed by atoms with Crippen LogP contribution in [0.2, 0.25) is 19.6 Å². The zero-order valence-electron chi connectivity index (χ0n) is 15.2. The van der Waals surface area contributed by atoms with Crippen LogP contribution in [0.1, 0.15) is 26.2 Å². The predicted octanol–water partition coefficient (Wildman–Crippen LogP) is 3.18. The second-order valence-corrected chi connectivity index (χ2v) is 13.2. The quantitative estimate of drug-likeness (QED) is 0.349. The second kappa shape index (κ2) is 5.66. The van der Waals surface area contributed by atoms with Crippen LogP contribution in [-0.2, 0) is 13.9 Å². The fraction of sp³-hybridized carbons (Fsp3) is 0.889. The van der Waals surface area contributed by atoms with E-state index in [1.807, 2.05) is 0 Å². The maximum Gasteiger partial charge on any atom is 0.184 e. The van der Waals surface area contributed by atoms with Crippen LogP contribution < -0.4 is 0 Å². The molecular formula is C18H32O4Si. The molecule has 0 aromatic carbocycles. The van der Waals surface area contributed by atoms with Crippen molar-refractivity contribution in [1.29, 1.82) is 0 Å². The summed E-state index contributed by atoms with van der Waals surface area (Å²) in [6.45, 7) is 14.3. The maximum absolute atomic E-state index is 11.4. The minimum atomic E-state index is -1.68. The fourth-order valence-electron chi connectivity index (χ4n) is 5.79. The molecule has 0 saturated heterocycles. The molecule has 132 valence electrons. The van der Waals surface area contributed by atoms with Gasteiger partial charge in [-0.2, -0.15) is 0 Å². The van der Waals surface area contributed by atoms with Crippen molar-refractivity contribution in [1.82, 2.24) is 0 Å². The zero-order valence-corrected chi connectivity index (χ0v) is 16.2. The molecule has 23 heavy (non-hydrogen) atoms. The van der Waals surface area contributed by atoms with Crippen LogP contribution in [0, 0.1) is 23.7 Å². The van der Waals surface area contributed by atoms with Gasteiger partial charge in [0.2, 0.25) is 0 Å². The molecule has 0 heterocycles. The van der Waals surface area contributed by atoms with Gasteiger partial charge in [-0.3, -0.25) is 0 Å². The number of aliphatic hydroxyl groups is 1.